The van der Waals surface area contributed by atoms with Crippen LogP contribution in [0.4, 0.5) is 4.39 Å². The first kappa shape index (κ1) is 17.9. The molecular formula is C15H25FO3. The van der Waals surface area contributed by atoms with Gasteiger partial charge in [-0.3, -0.25) is 0 Å². The lowest BCUT2D eigenvalue weighted by molar-refractivity contribution is -0.0129. The molecule has 1 atom stereocenters. The fourth-order valence-corrected chi connectivity index (χ4v) is 1.48. The maximum atomic E-state index is 13.4. The van der Waals surface area contributed by atoms with Crippen molar-refractivity contribution in [3.8, 4) is 5.75 Å². The van der Waals surface area contributed by atoms with Crippen molar-refractivity contribution in [1.29, 1.82) is 0 Å². The summed E-state index contributed by atoms with van der Waals surface area (Å²) in [5, 5.41) is 0. The van der Waals surface area contributed by atoms with Crippen LogP contribution in [0.25, 0.3) is 0 Å². The molecule has 1 aromatic carbocycles. The third kappa shape index (κ3) is 6.55. The normalized spacial score (nSPS) is 11.5. The summed E-state index contributed by atoms with van der Waals surface area (Å²) in [5.74, 6) is -0.119. The van der Waals surface area contributed by atoms with E-state index in [-0.39, 0.29) is 17.7 Å². The van der Waals surface area contributed by atoms with Crippen molar-refractivity contribution in [3.05, 3.63) is 29.6 Å². The van der Waals surface area contributed by atoms with Gasteiger partial charge < -0.3 is 14.2 Å². The van der Waals surface area contributed by atoms with Crippen molar-refractivity contribution in [2.75, 3.05) is 20.8 Å². The second-order valence-electron chi connectivity index (χ2n) is 3.77. The van der Waals surface area contributed by atoms with Crippen molar-refractivity contribution in [2.45, 2.75) is 39.9 Å². The molecule has 0 N–H and O–H groups in total. The summed E-state index contributed by atoms with van der Waals surface area (Å²) < 4.78 is 28.9. The van der Waals surface area contributed by atoms with Crippen molar-refractivity contribution in [3.63, 3.8) is 0 Å². The maximum Gasteiger partial charge on any atom is 0.165 e. The lowest BCUT2D eigenvalue weighted by Crippen LogP contribution is -2.17. The SMILES string of the molecule is CC.CCC(COC)OCc1ccc(OC)c(F)c1. The van der Waals surface area contributed by atoms with Gasteiger partial charge in [0.1, 0.15) is 0 Å². The molecule has 0 spiro atoms. The van der Waals surface area contributed by atoms with Gasteiger partial charge in [-0.2, -0.15) is 0 Å². The van der Waals surface area contributed by atoms with Crippen molar-refractivity contribution in [1.82, 2.24) is 0 Å². The van der Waals surface area contributed by atoms with Crippen LogP contribution in [0.1, 0.15) is 32.8 Å². The first-order valence-corrected chi connectivity index (χ1v) is 6.64. The Morgan fingerprint density at radius 1 is 1.21 bits per heavy atom. The van der Waals surface area contributed by atoms with Crippen LogP contribution in [0.15, 0.2) is 18.2 Å². The quantitative estimate of drug-likeness (QED) is 0.755. The van der Waals surface area contributed by atoms with E-state index < -0.39 is 0 Å². The van der Waals surface area contributed by atoms with E-state index in [2.05, 4.69) is 0 Å². The summed E-state index contributed by atoms with van der Waals surface area (Å²) in [6, 6.07) is 4.82. The number of rotatable bonds is 7. The summed E-state index contributed by atoms with van der Waals surface area (Å²) in [5.41, 5.74) is 0.790. The number of benzene rings is 1. The van der Waals surface area contributed by atoms with Crippen LogP contribution in [0, 0.1) is 5.82 Å². The molecule has 0 fully saturated rings. The lowest BCUT2D eigenvalue weighted by Gasteiger charge is -2.15. The minimum atomic E-state index is -0.367. The highest BCUT2D eigenvalue weighted by Crippen LogP contribution is 2.18. The molecule has 1 aromatic rings. The Kier molecular flexibility index (Phi) is 10.1. The van der Waals surface area contributed by atoms with E-state index >= 15 is 0 Å². The second kappa shape index (κ2) is 10.8. The maximum absolute atomic E-state index is 13.4. The molecule has 1 rings (SSSR count). The van der Waals surface area contributed by atoms with Crippen molar-refractivity contribution < 1.29 is 18.6 Å². The zero-order valence-corrected chi connectivity index (χ0v) is 12.5. The van der Waals surface area contributed by atoms with Crippen LogP contribution in [0.2, 0.25) is 0 Å². The molecule has 0 radical (unpaired) electrons. The highest BCUT2D eigenvalue weighted by molar-refractivity contribution is 5.28. The summed E-state index contributed by atoms with van der Waals surface area (Å²) in [7, 11) is 3.08. The molecule has 0 aliphatic carbocycles. The Morgan fingerprint density at radius 3 is 2.37 bits per heavy atom. The third-order valence-electron chi connectivity index (χ3n) is 2.51. The van der Waals surface area contributed by atoms with E-state index in [1.54, 1.807) is 19.2 Å². The van der Waals surface area contributed by atoms with Crippen molar-refractivity contribution >= 4 is 0 Å². The molecule has 4 heteroatoms. The monoisotopic (exact) mass is 272 g/mol. The minimum Gasteiger partial charge on any atom is -0.494 e. The van der Waals surface area contributed by atoms with Gasteiger partial charge in [0.05, 0.1) is 26.4 Å². The zero-order chi connectivity index (χ0) is 14.7. The topological polar surface area (TPSA) is 27.7 Å². The number of halogens is 1. The summed E-state index contributed by atoms with van der Waals surface area (Å²) in [6.45, 7) is 6.95. The predicted molar refractivity (Wildman–Crippen MR) is 75.0 cm³/mol. The Hall–Kier alpha value is -1.13. The molecule has 0 aromatic heterocycles. The Balaban J connectivity index is 0.00000154. The first-order chi connectivity index (χ1) is 9.21. The van der Waals surface area contributed by atoms with Crippen LogP contribution < -0.4 is 4.74 Å². The molecule has 110 valence electrons. The molecule has 0 aliphatic rings. The average molecular weight is 272 g/mol. The highest BCUT2D eigenvalue weighted by atomic mass is 19.1. The van der Waals surface area contributed by atoms with Gasteiger partial charge in [0.25, 0.3) is 0 Å². The Labute approximate surface area is 115 Å². The Morgan fingerprint density at radius 2 is 1.89 bits per heavy atom. The standard InChI is InChI=1S/C13H19FO3.C2H6/c1-4-11(9-15-2)17-8-10-5-6-13(16-3)12(14)7-10;1-2/h5-7,11H,4,8-9H2,1-3H3;1-2H3. The molecular weight excluding hydrogens is 247 g/mol. The molecule has 0 heterocycles. The molecule has 0 bridgehead atoms. The number of hydrogen-bond acceptors (Lipinski definition) is 3. The fraction of sp³-hybridized carbons (Fsp3) is 0.600. The molecule has 0 amide bonds. The number of methoxy groups -OCH3 is 2. The highest BCUT2D eigenvalue weighted by Gasteiger charge is 2.08. The van der Waals surface area contributed by atoms with Crippen LogP contribution in [-0.4, -0.2) is 26.9 Å². The second-order valence-corrected chi connectivity index (χ2v) is 3.77. The summed E-state index contributed by atoms with van der Waals surface area (Å²) >= 11 is 0. The molecule has 0 saturated heterocycles. The van der Waals surface area contributed by atoms with Crippen molar-refractivity contribution in [2.24, 2.45) is 0 Å². The minimum absolute atomic E-state index is 0.0464. The molecule has 0 saturated carbocycles. The average Bonchev–Trinajstić information content (AvgIpc) is 2.45. The predicted octanol–water partition coefficient (Wildman–Crippen LogP) is 3.80. The van der Waals surface area contributed by atoms with Gasteiger partial charge >= 0.3 is 0 Å². The van der Waals surface area contributed by atoms with Crippen LogP contribution in [0.5, 0.6) is 5.75 Å². The zero-order valence-electron chi connectivity index (χ0n) is 12.5. The van der Waals surface area contributed by atoms with E-state index in [0.717, 1.165) is 12.0 Å². The van der Waals surface area contributed by atoms with E-state index in [0.29, 0.717) is 13.2 Å². The van der Waals surface area contributed by atoms with E-state index in [1.165, 1.54) is 13.2 Å². The Bertz CT molecular complexity index is 342. The molecule has 3 nitrogen and oxygen atoms in total. The molecule has 0 aliphatic heterocycles. The summed E-state index contributed by atoms with van der Waals surface area (Å²) in [4.78, 5) is 0. The van der Waals surface area contributed by atoms with Gasteiger partial charge in [-0.05, 0) is 24.1 Å². The van der Waals surface area contributed by atoms with E-state index in [1.807, 2.05) is 20.8 Å². The van der Waals surface area contributed by atoms with E-state index in [4.69, 9.17) is 14.2 Å². The number of ether oxygens (including phenoxy) is 3. The van der Waals surface area contributed by atoms with E-state index in [9.17, 15) is 4.39 Å². The lowest BCUT2D eigenvalue weighted by atomic mass is 10.2. The fourth-order valence-electron chi connectivity index (χ4n) is 1.48. The van der Waals surface area contributed by atoms with Gasteiger partial charge in [0.15, 0.2) is 11.6 Å². The largest absolute Gasteiger partial charge is 0.494 e. The molecule has 1 unspecified atom stereocenters. The van der Waals surface area contributed by atoms with Gasteiger partial charge in [-0.1, -0.05) is 26.8 Å². The smallest absolute Gasteiger partial charge is 0.165 e. The molecule has 19 heavy (non-hydrogen) atoms. The third-order valence-corrected chi connectivity index (χ3v) is 2.51. The summed E-state index contributed by atoms with van der Waals surface area (Å²) in [6.07, 6.45) is 0.914. The first-order valence-electron chi connectivity index (χ1n) is 6.64. The number of hydrogen-bond donors (Lipinski definition) is 0. The van der Waals surface area contributed by atoms with Gasteiger partial charge in [-0.25, -0.2) is 4.39 Å². The van der Waals surface area contributed by atoms with Gasteiger partial charge in [-0.15, -0.1) is 0 Å². The van der Waals surface area contributed by atoms with Crippen LogP contribution in [-0.2, 0) is 16.1 Å². The van der Waals surface area contributed by atoms with Crippen LogP contribution in [0.3, 0.4) is 0 Å². The van der Waals surface area contributed by atoms with Gasteiger partial charge in [0.2, 0.25) is 0 Å². The van der Waals surface area contributed by atoms with Crippen LogP contribution >= 0.6 is 0 Å². The van der Waals surface area contributed by atoms with Gasteiger partial charge in [0, 0.05) is 7.11 Å².